The minimum atomic E-state index is -0.0129. The number of carbonyl (C=O) groups excluding carboxylic acids is 1. The molecule has 114 valence electrons. The number of aromatic amines is 1. The van der Waals surface area contributed by atoms with Gasteiger partial charge in [0.2, 0.25) is 0 Å². The molecular formula is C15H23N5O. The number of hydrogen-bond acceptors (Lipinski definition) is 4. The topological polar surface area (TPSA) is 73.0 Å². The van der Waals surface area contributed by atoms with Crippen LogP contribution in [0.25, 0.3) is 0 Å². The number of nitrogens with zero attached hydrogens (tertiary/aromatic N) is 2. The maximum absolute atomic E-state index is 12.4. The molecule has 3 N–H and O–H groups in total. The maximum atomic E-state index is 12.4. The van der Waals surface area contributed by atoms with Gasteiger partial charge in [-0.15, -0.1) is 0 Å². The summed E-state index contributed by atoms with van der Waals surface area (Å²) < 4.78 is 0. The monoisotopic (exact) mass is 289 g/mol. The molecule has 0 aromatic carbocycles. The Kier molecular flexibility index (Phi) is 3.43. The summed E-state index contributed by atoms with van der Waals surface area (Å²) >= 11 is 0. The van der Waals surface area contributed by atoms with Crippen molar-refractivity contribution >= 4 is 5.91 Å². The Hall–Kier alpha value is -1.40. The van der Waals surface area contributed by atoms with Crippen LogP contribution in [0.2, 0.25) is 0 Å². The van der Waals surface area contributed by atoms with E-state index in [2.05, 4.69) is 25.7 Å². The van der Waals surface area contributed by atoms with Crippen LogP contribution in [0, 0.1) is 0 Å². The minimum absolute atomic E-state index is 0.0129. The number of H-pyrrole nitrogens is 1. The van der Waals surface area contributed by atoms with Crippen molar-refractivity contribution < 1.29 is 4.79 Å². The molecule has 1 amide bonds. The van der Waals surface area contributed by atoms with Gasteiger partial charge >= 0.3 is 0 Å². The van der Waals surface area contributed by atoms with Gasteiger partial charge in [-0.2, -0.15) is 5.10 Å². The average molecular weight is 289 g/mol. The summed E-state index contributed by atoms with van der Waals surface area (Å²) in [6, 6.07) is 1.14. The fourth-order valence-corrected chi connectivity index (χ4v) is 3.52. The molecule has 1 aliphatic carbocycles. The van der Waals surface area contributed by atoms with Crippen molar-refractivity contribution in [1.29, 1.82) is 0 Å². The summed E-state index contributed by atoms with van der Waals surface area (Å²) in [5.41, 5.74) is 2.75. The van der Waals surface area contributed by atoms with E-state index in [9.17, 15) is 4.79 Å². The molecular weight excluding hydrogens is 266 g/mol. The molecule has 4 rings (SSSR count). The van der Waals surface area contributed by atoms with Gasteiger partial charge in [0, 0.05) is 55.9 Å². The third-order valence-corrected chi connectivity index (χ3v) is 4.95. The van der Waals surface area contributed by atoms with E-state index in [1.54, 1.807) is 0 Å². The first-order chi connectivity index (χ1) is 10.3. The molecule has 1 saturated carbocycles. The molecule has 0 unspecified atom stereocenters. The van der Waals surface area contributed by atoms with Crippen molar-refractivity contribution in [3.63, 3.8) is 0 Å². The molecule has 1 aromatic heterocycles. The molecule has 1 aromatic rings. The predicted molar refractivity (Wildman–Crippen MR) is 79.1 cm³/mol. The van der Waals surface area contributed by atoms with E-state index >= 15 is 0 Å². The number of likely N-dealkylation sites (tertiary alicyclic amines) is 1. The van der Waals surface area contributed by atoms with E-state index in [-0.39, 0.29) is 5.91 Å². The second-order valence-electron chi connectivity index (χ2n) is 6.47. The number of hydrogen-bond donors (Lipinski definition) is 3. The molecule has 0 atom stereocenters. The first-order valence-electron chi connectivity index (χ1n) is 8.13. The summed E-state index contributed by atoms with van der Waals surface area (Å²) in [6.45, 7) is 3.94. The lowest BCUT2D eigenvalue weighted by Gasteiger charge is -2.32. The first-order valence-corrected chi connectivity index (χ1v) is 8.13. The quantitative estimate of drug-likeness (QED) is 0.754. The molecule has 3 aliphatic rings. The van der Waals surface area contributed by atoms with Crippen LogP contribution in [0.4, 0.5) is 0 Å². The van der Waals surface area contributed by atoms with Crippen LogP contribution in [0.5, 0.6) is 0 Å². The summed E-state index contributed by atoms with van der Waals surface area (Å²) in [4.78, 5) is 15.0. The van der Waals surface area contributed by atoms with Crippen molar-refractivity contribution in [2.75, 3.05) is 19.6 Å². The van der Waals surface area contributed by atoms with Gasteiger partial charge in [0.05, 0.1) is 0 Å². The molecule has 1 saturated heterocycles. The number of amides is 1. The second kappa shape index (κ2) is 5.42. The van der Waals surface area contributed by atoms with Crippen molar-refractivity contribution in [2.24, 2.45) is 0 Å². The first kappa shape index (κ1) is 13.3. The Bertz CT molecular complexity index is 528. The van der Waals surface area contributed by atoms with Crippen molar-refractivity contribution in [3.05, 3.63) is 17.0 Å². The number of piperidine rings is 1. The minimum Gasteiger partial charge on any atom is -0.348 e. The number of carbonyl (C=O) groups is 1. The van der Waals surface area contributed by atoms with Crippen LogP contribution in [-0.4, -0.2) is 52.7 Å². The highest BCUT2D eigenvalue weighted by Crippen LogP contribution is 2.29. The van der Waals surface area contributed by atoms with Crippen LogP contribution in [-0.2, 0) is 13.0 Å². The van der Waals surface area contributed by atoms with Gasteiger partial charge < -0.3 is 15.5 Å². The molecule has 6 nitrogen and oxygen atoms in total. The molecule has 0 bridgehead atoms. The van der Waals surface area contributed by atoms with E-state index in [0.717, 1.165) is 62.7 Å². The molecule has 2 fully saturated rings. The summed E-state index contributed by atoms with van der Waals surface area (Å²) in [5.74, 6) is -0.0129. The largest absolute Gasteiger partial charge is 0.348 e. The van der Waals surface area contributed by atoms with Crippen LogP contribution < -0.4 is 10.6 Å². The number of rotatable bonds is 3. The van der Waals surface area contributed by atoms with Crippen molar-refractivity contribution in [3.8, 4) is 0 Å². The Morgan fingerprint density at radius 2 is 2.05 bits per heavy atom. The zero-order chi connectivity index (χ0) is 14.2. The predicted octanol–water partition coefficient (Wildman–Crippen LogP) is 0.412. The molecule has 21 heavy (non-hydrogen) atoms. The Morgan fingerprint density at radius 3 is 2.81 bits per heavy atom. The smallest absolute Gasteiger partial charge is 0.272 e. The highest BCUT2D eigenvalue weighted by Gasteiger charge is 2.32. The lowest BCUT2D eigenvalue weighted by Crippen LogP contribution is -2.45. The molecule has 2 aliphatic heterocycles. The van der Waals surface area contributed by atoms with E-state index in [1.165, 1.54) is 12.8 Å². The Labute approximate surface area is 124 Å². The van der Waals surface area contributed by atoms with Gasteiger partial charge in [-0.25, -0.2) is 0 Å². The molecule has 0 spiro atoms. The third-order valence-electron chi connectivity index (χ3n) is 4.95. The van der Waals surface area contributed by atoms with E-state index < -0.39 is 0 Å². The number of nitrogens with one attached hydrogen (secondary N) is 3. The summed E-state index contributed by atoms with van der Waals surface area (Å²) in [6.07, 6.45) is 5.78. The van der Waals surface area contributed by atoms with Gasteiger partial charge in [0.1, 0.15) is 0 Å². The molecule has 3 heterocycles. The van der Waals surface area contributed by atoms with Gasteiger partial charge in [0.25, 0.3) is 5.91 Å². The van der Waals surface area contributed by atoms with Gasteiger partial charge in [-0.1, -0.05) is 0 Å². The zero-order valence-electron chi connectivity index (χ0n) is 12.3. The summed E-state index contributed by atoms with van der Waals surface area (Å²) in [7, 11) is 0. The zero-order valence-corrected chi connectivity index (χ0v) is 12.3. The van der Waals surface area contributed by atoms with E-state index in [1.807, 2.05) is 0 Å². The van der Waals surface area contributed by atoms with Crippen molar-refractivity contribution in [2.45, 2.75) is 50.7 Å². The van der Waals surface area contributed by atoms with Gasteiger partial charge in [0.15, 0.2) is 5.69 Å². The SMILES string of the molecule is O=C(NC1CCN(C2CC2)CC1)c1n[nH]c2c1CNCC2. The fourth-order valence-electron chi connectivity index (χ4n) is 3.52. The second-order valence-corrected chi connectivity index (χ2v) is 6.47. The normalized spacial score (nSPS) is 23.8. The molecule has 6 heteroatoms. The van der Waals surface area contributed by atoms with Crippen LogP contribution in [0.1, 0.15) is 47.4 Å². The lowest BCUT2D eigenvalue weighted by atomic mass is 10.0. The Balaban J connectivity index is 1.36. The average Bonchev–Trinajstić information content (AvgIpc) is 3.27. The number of fused-ring (bicyclic) bond motifs is 1. The molecule has 0 radical (unpaired) electrons. The number of aromatic nitrogens is 2. The highest BCUT2D eigenvalue weighted by molar-refractivity contribution is 5.94. The van der Waals surface area contributed by atoms with Crippen LogP contribution in [0.3, 0.4) is 0 Å². The maximum Gasteiger partial charge on any atom is 0.272 e. The van der Waals surface area contributed by atoms with Gasteiger partial charge in [-0.05, 0) is 25.7 Å². The standard InChI is InChI=1S/C15H23N5O/c21-15(14-12-9-16-6-3-13(12)18-19-14)17-10-4-7-20(8-5-10)11-1-2-11/h10-11,16H,1-9H2,(H,17,21)(H,18,19). The summed E-state index contributed by atoms with van der Waals surface area (Å²) in [5, 5.41) is 13.7. The lowest BCUT2D eigenvalue weighted by molar-refractivity contribution is 0.0903. The fraction of sp³-hybridized carbons (Fsp3) is 0.733. The van der Waals surface area contributed by atoms with Crippen molar-refractivity contribution in [1.82, 2.24) is 25.7 Å². The van der Waals surface area contributed by atoms with Gasteiger partial charge in [-0.3, -0.25) is 9.89 Å². The van der Waals surface area contributed by atoms with Crippen LogP contribution in [0.15, 0.2) is 0 Å². The van der Waals surface area contributed by atoms with E-state index in [0.29, 0.717) is 11.7 Å². The Morgan fingerprint density at radius 1 is 1.24 bits per heavy atom. The van der Waals surface area contributed by atoms with E-state index in [4.69, 9.17) is 0 Å². The highest BCUT2D eigenvalue weighted by atomic mass is 16.2. The van der Waals surface area contributed by atoms with Crippen LogP contribution >= 0.6 is 0 Å². The third kappa shape index (κ3) is 2.70.